The first-order valence-electron chi connectivity index (χ1n) is 7.25. The number of aromatic nitrogens is 4. The van der Waals surface area contributed by atoms with Crippen LogP contribution in [0.2, 0.25) is 0 Å². The Morgan fingerprint density at radius 3 is 2.96 bits per heavy atom. The van der Waals surface area contributed by atoms with E-state index in [1.165, 1.54) is 10.6 Å². The van der Waals surface area contributed by atoms with Crippen LogP contribution in [0.25, 0.3) is 22.3 Å². The summed E-state index contributed by atoms with van der Waals surface area (Å²) in [6, 6.07) is 11.3. The van der Waals surface area contributed by atoms with Gasteiger partial charge in [-0.3, -0.25) is 4.79 Å². The van der Waals surface area contributed by atoms with Crippen molar-refractivity contribution in [2.24, 2.45) is 7.05 Å². The number of nitrogens with one attached hydrogen (secondary N) is 1. The van der Waals surface area contributed by atoms with Gasteiger partial charge in [0.05, 0.1) is 6.42 Å². The molecule has 1 N–H and O–H groups in total. The third kappa shape index (κ3) is 2.44. The Hall–Kier alpha value is -3.15. The number of fused-ring (bicyclic) bond motifs is 1. The van der Waals surface area contributed by atoms with Gasteiger partial charge in [0.2, 0.25) is 17.3 Å². The zero-order valence-electron chi connectivity index (χ0n) is 12.5. The SMILES string of the molecule is Cn1cc(-c2noc(Cc3c[nH]c4ccccc34)n2)ccc1=O. The molecule has 1 aromatic carbocycles. The zero-order valence-corrected chi connectivity index (χ0v) is 12.5. The van der Waals surface area contributed by atoms with Crippen molar-refractivity contribution in [3.63, 3.8) is 0 Å². The van der Waals surface area contributed by atoms with Crippen LogP contribution in [-0.4, -0.2) is 19.7 Å². The lowest BCUT2D eigenvalue weighted by Gasteiger charge is -1.98. The zero-order chi connectivity index (χ0) is 15.8. The molecule has 0 fully saturated rings. The lowest BCUT2D eigenvalue weighted by atomic mass is 10.1. The molecular weight excluding hydrogens is 292 g/mol. The van der Waals surface area contributed by atoms with Crippen LogP contribution >= 0.6 is 0 Å². The molecule has 0 spiro atoms. The maximum Gasteiger partial charge on any atom is 0.250 e. The highest BCUT2D eigenvalue weighted by Crippen LogP contribution is 2.21. The van der Waals surface area contributed by atoms with E-state index in [0.717, 1.165) is 22.0 Å². The molecule has 4 aromatic rings. The predicted molar refractivity (Wildman–Crippen MR) is 86.1 cm³/mol. The molecule has 0 radical (unpaired) electrons. The minimum Gasteiger partial charge on any atom is -0.361 e. The highest BCUT2D eigenvalue weighted by atomic mass is 16.5. The van der Waals surface area contributed by atoms with Gasteiger partial charge in [0, 0.05) is 42.0 Å². The summed E-state index contributed by atoms with van der Waals surface area (Å²) in [6.07, 6.45) is 4.21. The summed E-state index contributed by atoms with van der Waals surface area (Å²) in [7, 11) is 1.69. The number of nitrogens with zero attached hydrogens (tertiary/aromatic N) is 3. The second-order valence-corrected chi connectivity index (χ2v) is 5.41. The molecule has 0 saturated carbocycles. The number of benzene rings is 1. The van der Waals surface area contributed by atoms with Crippen LogP contribution in [0.5, 0.6) is 0 Å². The van der Waals surface area contributed by atoms with E-state index in [1.807, 2.05) is 24.4 Å². The van der Waals surface area contributed by atoms with Crippen LogP contribution in [0.1, 0.15) is 11.5 Å². The average molecular weight is 306 g/mol. The molecule has 3 heterocycles. The Morgan fingerprint density at radius 2 is 2.09 bits per heavy atom. The second-order valence-electron chi connectivity index (χ2n) is 5.41. The fraction of sp³-hybridized carbons (Fsp3) is 0.118. The number of hydrogen-bond acceptors (Lipinski definition) is 4. The normalized spacial score (nSPS) is 11.2. The van der Waals surface area contributed by atoms with Gasteiger partial charge in [-0.05, 0) is 17.7 Å². The van der Waals surface area contributed by atoms with Gasteiger partial charge >= 0.3 is 0 Å². The van der Waals surface area contributed by atoms with Crippen LogP contribution in [0.15, 0.2) is 58.1 Å². The Kier molecular flexibility index (Phi) is 3.08. The third-order valence-corrected chi connectivity index (χ3v) is 3.83. The molecule has 3 aromatic heterocycles. The first kappa shape index (κ1) is 13.5. The molecule has 0 amide bonds. The molecule has 114 valence electrons. The Labute approximate surface area is 131 Å². The van der Waals surface area contributed by atoms with E-state index in [9.17, 15) is 4.79 Å². The fourth-order valence-electron chi connectivity index (χ4n) is 2.61. The van der Waals surface area contributed by atoms with Gasteiger partial charge in [-0.2, -0.15) is 4.98 Å². The molecule has 0 saturated heterocycles. The summed E-state index contributed by atoms with van der Waals surface area (Å²) in [5.74, 6) is 1.02. The summed E-state index contributed by atoms with van der Waals surface area (Å²) < 4.78 is 6.84. The molecular formula is C17H14N4O2. The van der Waals surface area contributed by atoms with Crippen molar-refractivity contribution >= 4 is 10.9 Å². The molecule has 0 aliphatic rings. The van der Waals surface area contributed by atoms with Crippen molar-refractivity contribution in [2.45, 2.75) is 6.42 Å². The van der Waals surface area contributed by atoms with Crippen molar-refractivity contribution < 1.29 is 4.52 Å². The molecule has 23 heavy (non-hydrogen) atoms. The Bertz CT molecular complexity index is 1040. The predicted octanol–water partition coefficient (Wildman–Crippen LogP) is 2.51. The number of H-pyrrole nitrogens is 1. The average Bonchev–Trinajstić information content (AvgIpc) is 3.18. The Morgan fingerprint density at radius 1 is 1.22 bits per heavy atom. The van der Waals surface area contributed by atoms with Crippen molar-refractivity contribution in [3.05, 3.63) is 70.6 Å². The molecule has 6 nitrogen and oxygen atoms in total. The van der Waals surface area contributed by atoms with Gasteiger partial charge < -0.3 is 14.1 Å². The van der Waals surface area contributed by atoms with Crippen LogP contribution in [0, 0.1) is 0 Å². The monoisotopic (exact) mass is 306 g/mol. The number of aryl methyl sites for hydroxylation is 1. The van der Waals surface area contributed by atoms with Crippen molar-refractivity contribution in [2.75, 3.05) is 0 Å². The summed E-state index contributed by atoms with van der Waals surface area (Å²) >= 11 is 0. The summed E-state index contributed by atoms with van der Waals surface area (Å²) in [5.41, 5.74) is 2.87. The van der Waals surface area contributed by atoms with Crippen LogP contribution in [0.4, 0.5) is 0 Å². The molecule has 0 aliphatic carbocycles. The smallest absolute Gasteiger partial charge is 0.250 e. The highest BCUT2D eigenvalue weighted by Gasteiger charge is 2.12. The van der Waals surface area contributed by atoms with Crippen LogP contribution < -0.4 is 5.56 Å². The van der Waals surface area contributed by atoms with Gasteiger partial charge in [0.25, 0.3) is 0 Å². The van der Waals surface area contributed by atoms with Gasteiger partial charge in [-0.15, -0.1) is 0 Å². The van der Waals surface area contributed by atoms with Crippen molar-refractivity contribution in [1.82, 2.24) is 19.7 Å². The first-order chi connectivity index (χ1) is 11.2. The lowest BCUT2D eigenvalue weighted by Crippen LogP contribution is -2.14. The van der Waals surface area contributed by atoms with E-state index in [4.69, 9.17) is 4.52 Å². The maximum absolute atomic E-state index is 11.4. The Balaban J connectivity index is 1.65. The van der Waals surface area contributed by atoms with Gasteiger partial charge in [0.15, 0.2) is 0 Å². The van der Waals surface area contributed by atoms with Crippen molar-refractivity contribution in [3.8, 4) is 11.4 Å². The summed E-state index contributed by atoms with van der Waals surface area (Å²) in [4.78, 5) is 19.1. The number of hydrogen-bond donors (Lipinski definition) is 1. The molecule has 4 rings (SSSR count). The van der Waals surface area contributed by atoms with Crippen LogP contribution in [0.3, 0.4) is 0 Å². The van der Waals surface area contributed by atoms with Gasteiger partial charge in [-0.1, -0.05) is 23.4 Å². The highest BCUT2D eigenvalue weighted by molar-refractivity contribution is 5.83. The van der Waals surface area contributed by atoms with Crippen LogP contribution in [-0.2, 0) is 13.5 Å². The number of para-hydroxylation sites is 1. The summed E-state index contributed by atoms with van der Waals surface area (Å²) in [5, 5.41) is 5.15. The number of pyridine rings is 1. The van der Waals surface area contributed by atoms with E-state index in [2.05, 4.69) is 21.2 Å². The van der Waals surface area contributed by atoms with E-state index in [-0.39, 0.29) is 5.56 Å². The van der Waals surface area contributed by atoms with Gasteiger partial charge in [0.1, 0.15) is 0 Å². The van der Waals surface area contributed by atoms with E-state index in [1.54, 1.807) is 19.3 Å². The van der Waals surface area contributed by atoms with Gasteiger partial charge in [-0.25, -0.2) is 0 Å². The lowest BCUT2D eigenvalue weighted by molar-refractivity contribution is 0.386. The molecule has 0 unspecified atom stereocenters. The number of aromatic amines is 1. The topological polar surface area (TPSA) is 76.7 Å². The minimum atomic E-state index is -0.0729. The van der Waals surface area contributed by atoms with E-state index >= 15 is 0 Å². The molecule has 6 heteroatoms. The maximum atomic E-state index is 11.4. The number of rotatable bonds is 3. The molecule has 0 bridgehead atoms. The fourth-order valence-corrected chi connectivity index (χ4v) is 2.61. The standard InChI is InChI=1S/C17H14N4O2/c1-21-10-11(6-7-16(21)22)17-19-15(23-20-17)8-12-9-18-14-5-3-2-4-13(12)14/h2-7,9-10,18H,8H2,1H3. The second kappa shape index (κ2) is 5.24. The largest absolute Gasteiger partial charge is 0.361 e. The third-order valence-electron chi connectivity index (χ3n) is 3.83. The first-order valence-corrected chi connectivity index (χ1v) is 7.25. The quantitative estimate of drug-likeness (QED) is 0.631. The van der Waals surface area contributed by atoms with E-state index < -0.39 is 0 Å². The van der Waals surface area contributed by atoms with E-state index in [0.29, 0.717) is 18.1 Å². The molecule has 0 atom stereocenters. The summed E-state index contributed by atoms with van der Waals surface area (Å²) in [6.45, 7) is 0. The molecule has 0 aliphatic heterocycles. The van der Waals surface area contributed by atoms with Crippen molar-refractivity contribution in [1.29, 1.82) is 0 Å². The minimum absolute atomic E-state index is 0.0729.